The first-order chi connectivity index (χ1) is 7.93. The van der Waals surface area contributed by atoms with E-state index in [0.717, 1.165) is 12.3 Å². The van der Waals surface area contributed by atoms with Gasteiger partial charge in [-0.3, -0.25) is 30.6 Å². The molecule has 9 heteroatoms. The highest BCUT2D eigenvalue weighted by Gasteiger charge is 2.24. The maximum Gasteiger partial charge on any atom is 0.319 e. The first-order valence-electron chi connectivity index (χ1n) is 4.29. The van der Waals surface area contributed by atoms with Crippen molar-refractivity contribution >= 4 is 29.1 Å². The number of hydrogen-bond donors (Lipinski definition) is 2. The Kier molecular flexibility index (Phi) is 3.94. The van der Waals surface area contributed by atoms with Crippen molar-refractivity contribution in [2.45, 2.75) is 6.92 Å². The molecule has 0 fully saturated rings. The Hall–Kier alpha value is -2.22. The standard InChI is InChI=1S/C8H7ClN4O4/c1-4(14)11-12-8(15)5-2-3-10-7(9)6(5)13(16)17/h2-3H,1H3,(H,11,14)(H,12,15). The van der Waals surface area contributed by atoms with Crippen LogP contribution in [0.2, 0.25) is 5.15 Å². The number of nitro groups is 1. The van der Waals surface area contributed by atoms with Crippen LogP contribution in [0.15, 0.2) is 12.3 Å². The van der Waals surface area contributed by atoms with Crippen LogP contribution in [0.1, 0.15) is 17.3 Å². The number of hydrogen-bond acceptors (Lipinski definition) is 5. The summed E-state index contributed by atoms with van der Waals surface area (Å²) in [5.41, 5.74) is 3.09. The van der Waals surface area contributed by atoms with Gasteiger partial charge in [-0.25, -0.2) is 4.98 Å². The van der Waals surface area contributed by atoms with Crippen LogP contribution in [-0.4, -0.2) is 21.7 Å². The molecule has 8 nitrogen and oxygen atoms in total. The van der Waals surface area contributed by atoms with Crippen LogP contribution in [0.5, 0.6) is 0 Å². The summed E-state index contributed by atoms with van der Waals surface area (Å²) in [5, 5.41) is 10.3. The summed E-state index contributed by atoms with van der Waals surface area (Å²) < 4.78 is 0. The van der Waals surface area contributed by atoms with Gasteiger partial charge in [-0.15, -0.1) is 0 Å². The molecule has 1 aromatic rings. The van der Waals surface area contributed by atoms with Crippen LogP contribution in [0.3, 0.4) is 0 Å². The molecule has 0 aromatic carbocycles. The van der Waals surface area contributed by atoms with Crippen molar-refractivity contribution < 1.29 is 14.5 Å². The maximum absolute atomic E-state index is 11.5. The van der Waals surface area contributed by atoms with E-state index in [4.69, 9.17) is 11.6 Å². The topological polar surface area (TPSA) is 114 Å². The van der Waals surface area contributed by atoms with Crippen LogP contribution in [0.4, 0.5) is 5.69 Å². The minimum Gasteiger partial charge on any atom is -0.274 e. The average molecular weight is 259 g/mol. The fraction of sp³-hybridized carbons (Fsp3) is 0.125. The lowest BCUT2D eigenvalue weighted by Crippen LogP contribution is -2.40. The third kappa shape index (κ3) is 3.11. The Morgan fingerprint density at radius 1 is 1.47 bits per heavy atom. The van der Waals surface area contributed by atoms with E-state index >= 15 is 0 Å². The van der Waals surface area contributed by atoms with E-state index in [-0.39, 0.29) is 5.56 Å². The first-order valence-corrected chi connectivity index (χ1v) is 4.67. The van der Waals surface area contributed by atoms with Gasteiger partial charge in [0.25, 0.3) is 5.91 Å². The summed E-state index contributed by atoms with van der Waals surface area (Å²) in [4.78, 5) is 35.4. The van der Waals surface area contributed by atoms with E-state index in [0.29, 0.717) is 0 Å². The molecule has 1 aromatic heterocycles. The highest BCUT2D eigenvalue weighted by atomic mass is 35.5. The summed E-state index contributed by atoms with van der Waals surface area (Å²) in [5.74, 6) is -1.36. The van der Waals surface area contributed by atoms with E-state index in [1.165, 1.54) is 6.92 Å². The number of carbonyl (C=O) groups is 2. The predicted octanol–water partition coefficient (Wildman–Crippen LogP) is 0.424. The van der Waals surface area contributed by atoms with Gasteiger partial charge in [0.05, 0.1) is 4.92 Å². The molecule has 0 bridgehead atoms. The molecule has 0 aliphatic carbocycles. The largest absolute Gasteiger partial charge is 0.319 e. The fourth-order valence-electron chi connectivity index (χ4n) is 0.997. The zero-order valence-corrected chi connectivity index (χ0v) is 9.32. The molecule has 0 radical (unpaired) electrons. The Labute approximate surface area is 100 Å². The monoisotopic (exact) mass is 258 g/mol. The molecule has 0 atom stereocenters. The van der Waals surface area contributed by atoms with Gasteiger partial charge in [0.15, 0.2) is 0 Å². The Bertz CT molecular complexity index is 490. The number of amides is 2. The van der Waals surface area contributed by atoms with Crippen molar-refractivity contribution in [1.29, 1.82) is 0 Å². The minimum atomic E-state index is -0.851. The molecule has 0 aliphatic rings. The van der Waals surface area contributed by atoms with E-state index in [9.17, 15) is 19.7 Å². The zero-order valence-electron chi connectivity index (χ0n) is 8.56. The van der Waals surface area contributed by atoms with E-state index in [2.05, 4.69) is 4.98 Å². The molecule has 17 heavy (non-hydrogen) atoms. The number of aromatic nitrogens is 1. The SMILES string of the molecule is CC(=O)NNC(=O)c1ccnc(Cl)c1[N+](=O)[O-]. The second-order valence-electron chi connectivity index (χ2n) is 2.89. The molecular formula is C8H7ClN4O4. The molecule has 1 rings (SSSR count). The van der Waals surface area contributed by atoms with E-state index in [1.807, 2.05) is 10.9 Å². The number of halogens is 1. The fourth-order valence-corrected chi connectivity index (χ4v) is 1.22. The number of rotatable bonds is 2. The summed E-state index contributed by atoms with van der Waals surface area (Å²) in [6.45, 7) is 1.17. The quantitative estimate of drug-likeness (QED) is 0.453. The minimum absolute atomic E-state index is 0.288. The lowest BCUT2D eigenvalue weighted by Gasteiger charge is -2.05. The highest BCUT2D eigenvalue weighted by Crippen LogP contribution is 2.25. The predicted molar refractivity (Wildman–Crippen MR) is 57.2 cm³/mol. The number of hydrazine groups is 1. The lowest BCUT2D eigenvalue weighted by molar-refractivity contribution is -0.385. The third-order valence-electron chi connectivity index (χ3n) is 1.66. The van der Waals surface area contributed by atoms with E-state index in [1.54, 1.807) is 0 Å². The number of nitrogens with zero attached hydrogens (tertiary/aromatic N) is 2. The maximum atomic E-state index is 11.5. The summed E-state index contributed by atoms with van der Waals surface area (Å²) in [6.07, 6.45) is 1.15. The van der Waals surface area contributed by atoms with Crippen molar-refractivity contribution in [3.05, 3.63) is 33.1 Å². The van der Waals surface area contributed by atoms with Crippen LogP contribution in [0, 0.1) is 10.1 Å². The van der Waals surface area contributed by atoms with Gasteiger partial charge in [0, 0.05) is 13.1 Å². The number of pyridine rings is 1. The van der Waals surface area contributed by atoms with Gasteiger partial charge in [-0.05, 0) is 6.07 Å². The van der Waals surface area contributed by atoms with Gasteiger partial charge in [-0.2, -0.15) is 0 Å². The average Bonchev–Trinajstić information content (AvgIpc) is 2.24. The van der Waals surface area contributed by atoms with Crippen molar-refractivity contribution in [3.8, 4) is 0 Å². The van der Waals surface area contributed by atoms with E-state index < -0.39 is 27.6 Å². The molecular weight excluding hydrogens is 252 g/mol. The second-order valence-corrected chi connectivity index (χ2v) is 3.25. The molecule has 0 saturated carbocycles. The van der Waals surface area contributed by atoms with Crippen LogP contribution in [0.25, 0.3) is 0 Å². The normalized spacial score (nSPS) is 9.53. The van der Waals surface area contributed by atoms with Crippen molar-refractivity contribution in [2.24, 2.45) is 0 Å². The van der Waals surface area contributed by atoms with Crippen LogP contribution < -0.4 is 10.9 Å². The molecule has 1 heterocycles. The van der Waals surface area contributed by atoms with Gasteiger partial charge in [0.2, 0.25) is 11.1 Å². The third-order valence-corrected chi connectivity index (χ3v) is 1.94. The van der Waals surface area contributed by atoms with Gasteiger partial charge in [0.1, 0.15) is 5.56 Å². The number of carbonyl (C=O) groups excluding carboxylic acids is 2. The molecule has 0 spiro atoms. The van der Waals surface area contributed by atoms with Gasteiger partial charge < -0.3 is 0 Å². The lowest BCUT2D eigenvalue weighted by atomic mass is 10.2. The summed E-state index contributed by atoms with van der Waals surface area (Å²) >= 11 is 5.51. The Balaban J connectivity index is 3.05. The van der Waals surface area contributed by atoms with Crippen molar-refractivity contribution in [3.63, 3.8) is 0 Å². The molecule has 0 unspecified atom stereocenters. The summed E-state index contributed by atoms with van der Waals surface area (Å²) in [7, 11) is 0. The molecule has 0 saturated heterocycles. The Morgan fingerprint density at radius 2 is 2.12 bits per heavy atom. The van der Waals surface area contributed by atoms with Crippen LogP contribution in [-0.2, 0) is 4.79 Å². The van der Waals surface area contributed by atoms with Crippen LogP contribution >= 0.6 is 11.6 Å². The van der Waals surface area contributed by atoms with Gasteiger partial charge >= 0.3 is 5.69 Å². The van der Waals surface area contributed by atoms with Crippen molar-refractivity contribution in [2.75, 3.05) is 0 Å². The highest BCUT2D eigenvalue weighted by molar-refractivity contribution is 6.32. The second kappa shape index (κ2) is 5.21. The van der Waals surface area contributed by atoms with Crippen molar-refractivity contribution in [1.82, 2.24) is 15.8 Å². The number of nitrogens with one attached hydrogen (secondary N) is 2. The first kappa shape index (κ1) is 12.8. The molecule has 2 N–H and O–H groups in total. The van der Waals surface area contributed by atoms with Gasteiger partial charge in [-0.1, -0.05) is 11.6 Å². The summed E-state index contributed by atoms with van der Waals surface area (Å²) in [6, 6.07) is 1.13. The molecule has 2 amide bonds. The molecule has 90 valence electrons. The zero-order chi connectivity index (χ0) is 13.0. The smallest absolute Gasteiger partial charge is 0.274 e. The Morgan fingerprint density at radius 3 is 2.65 bits per heavy atom. The molecule has 0 aliphatic heterocycles.